The summed E-state index contributed by atoms with van der Waals surface area (Å²) >= 11 is 0. The molecule has 0 fully saturated rings. The quantitative estimate of drug-likeness (QED) is 0.720. The minimum atomic E-state index is -0.711. The molecule has 1 amide bonds. The Bertz CT molecular complexity index is 203. The van der Waals surface area contributed by atoms with Crippen LogP contribution in [0.5, 0.6) is 0 Å². The van der Waals surface area contributed by atoms with Crippen molar-refractivity contribution in [3.8, 4) is 0 Å². The second-order valence-corrected chi connectivity index (χ2v) is 4.13. The van der Waals surface area contributed by atoms with Gasteiger partial charge < -0.3 is 15.4 Å². The molecule has 90 valence electrons. The lowest BCUT2D eigenvalue weighted by molar-refractivity contribution is -0.153. The highest BCUT2D eigenvalue weighted by Gasteiger charge is 2.34. The van der Waals surface area contributed by atoms with E-state index in [1.165, 1.54) is 0 Å². The number of rotatable bonds is 6. The van der Waals surface area contributed by atoms with E-state index in [-0.39, 0.29) is 11.9 Å². The summed E-state index contributed by atoms with van der Waals surface area (Å²) in [7, 11) is 3.37. The van der Waals surface area contributed by atoms with Crippen LogP contribution in [0.15, 0.2) is 0 Å². The first-order valence-corrected chi connectivity index (χ1v) is 5.45. The third-order valence-corrected chi connectivity index (χ3v) is 3.14. The number of carbonyl (C=O) groups excluding carboxylic acids is 1. The number of methoxy groups -OCH3 is 1. The fourth-order valence-electron chi connectivity index (χ4n) is 1.39. The Labute approximate surface area is 92.8 Å². The summed E-state index contributed by atoms with van der Waals surface area (Å²) in [6.45, 7) is 6.36. The van der Waals surface area contributed by atoms with Crippen LogP contribution in [0.3, 0.4) is 0 Å². The van der Waals surface area contributed by atoms with E-state index in [9.17, 15) is 4.79 Å². The van der Waals surface area contributed by atoms with E-state index in [1.807, 2.05) is 20.8 Å². The highest BCUT2D eigenvalue weighted by molar-refractivity contribution is 5.84. The summed E-state index contributed by atoms with van der Waals surface area (Å²) in [5, 5.41) is 0. The van der Waals surface area contributed by atoms with Crippen molar-refractivity contribution < 1.29 is 9.53 Å². The second kappa shape index (κ2) is 6.08. The zero-order valence-electron chi connectivity index (χ0n) is 10.5. The Morgan fingerprint density at radius 1 is 1.60 bits per heavy atom. The van der Waals surface area contributed by atoms with Gasteiger partial charge in [0, 0.05) is 20.2 Å². The maximum absolute atomic E-state index is 12.1. The van der Waals surface area contributed by atoms with Gasteiger partial charge in [0.05, 0.1) is 0 Å². The van der Waals surface area contributed by atoms with Crippen LogP contribution in [0.1, 0.15) is 33.6 Å². The average molecular weight is 216 g/mol. The van der Waals surface area contributed by atoms with E-state index in [1.54, 1.807) is 19.1 Å². The number of carbonyl (C=O) groups is 1. The molecule has 0 heterocycles. The molecule has 4 nitrogen and oxygen atoms in total. The van der Waals surface area contributed by atoms with Crippen LogP contribution >= 0.6 is 0 Å². The van der Waals surface area contributed by atoms with Crippen LogP contribution in [0.2, 0.25) is 0 Å². The fraction of sp³-hybridized carbons (Fsp3) is 0.909. The van der Waals surface area contributed by atoms with Gasteiger partial charge in [-0.1, -0.05) is 6.92 Å². The van der Waals surface area contributed by atoms with Crippen LogP contribution in [0.4, 0.5) is 0 Å². The smallest absolute Gasteiger partial charge is 0.254 e. The van der Waals surface area contributed by atoms with Gasteiger partial charge in [-0.15, -0.1) is 0 Å². The maximum Gasteiger partial charge on any atom is 0.254 e. The normalized spacial score (nSPS) is 16.9. The highest BCUT2D eigenvalue weighted by atomic mass is 16.5. The number of ether oxygens (including phenoxy) is 1. The molecule has 0 aromatic heterocycles. The van der Waals surface area contributed by atoms with Crippen molar-refractivity contribution in [1.29, 1.82) is 0 Å². The summed E-state index contributed by atoms with van der Waals surface area (Å²) in [6.07, 6.45) is 1.48. The molecule has 2 atom stereocenters. The molecule has 0 aliphatic rings. The van der Waals surface area contributed by atoms with Gasteiger partial charge in [0.2, 0.25) is 0 Å². The number of hydrogen-bond acceptors (Lipinski definition) is 3. The van der Waals surface area contributed by atoms with Gasteiger partial charge >= 0.3 is 0 Å². The predicted octanol–water partition coefficient (Wildman–Crippen LogP) is 0.997. The van der Waals surface area contributed by atoms with Gasteiger partial charge in [-0.2, -0.15) is 0 Å². The molecular formula is C11H24N2O2. The molecule has 0 spiro atoms. The Hall–Kier alpha value is -0.610. The monoisotopic (exact) mass is 216 g/mol. The van der Waals surface area contributed by atoms with Crippen molar-refractivity contribution in [3.05, 3.63) is 0 Å². The summed E-state index contributed by atoms with van der Waals surface area (Å²) in [5.41, 5.74) is 4.76. The van der Waals surface area contributed by atoms with Crippen molar-refractivity contribution in [3.63, 3.8) is 0 Å². The summed E-state index contributed by atoms with van der Waals surface area (Å²) in [6, 6.07) is 0.156. The third kappa shape index (κ3) is 3.47. The summed E-state index contributed by atoms with van der Waals surface area (Å²) in [4.78, 5) is 13.8. The van der Waals surface area contributed by atoms with Gasteiger partial charge in [0.25, 0.3) is 5.91 Å². The van der Waals surface area contributed by atoms with Gasteiger partial charge in [-0.3, -0.25) is 4.79 Å². The molecule has 0 bridgehead atoms. The van der Waals surface area contributed by atoms with E-state index in [0.29, 0.717) is 13.0 Å². The molecule has 0 radical (unpaired) electrons. The molecule has 0 aliphatic heterocycles. The zero-order valence-corrected chi connectivity index (χ0v) is 10.5. The van der Waals surface area contributed by atoms with Crippen LogP contribution in [0.25, 0.3) is 0 Å². The lowest BCUT2D eigenvalue weighted by atomic mass is 10.0. The molecule has 0 aromatic rings. The molecule has 4 heteroatoms. The molecule has 0 saturated heterocycles. The second-order valence-electron chi connectivity index (χ2n) is 4.13. The van der Waals surface area contributed by atoms with Crippen LogP contribution in [0, 0.1) is 0 Å². The number of likely N-dealkylation sites (N-methyl/N-ethyl adjacent to an activating group) is 1. The van der Waals surface area contributed by atoms with E-state index in [2.05, 4.69) is 0 Å². The van der Waals surface area contributed by atoms with Crippen molar-refractivity contribution in [2.75, 3.05) is 20.7 Å². The van der Waals surface area contributed by atoms with E-state index < -0.39 is 5.60 Å². The van der Waals surface area contributed by atoms with E-state index in [4.69, 9.17) is 10.5 Å². The van der Waals surface area contributed by atoms with Gasteiger partial charge in [-0.05, 0) is 33.2 Å². The van der Waals surface area contributed by atoms with E-state index >= 15 is 0 Å². The summed E-state index contributed by atoms with van der Waals surface area (Å²) < 4.78 is 5.28. The number of nitrogens with zero attached hydrogens (tertiary/aromatic N) is 1. The molecule has 15 heavy (non-hydrogen) atoms. The zero-order chi connectivity index (χ0) is 12.1. The highest BCUT2D eigenvalue weighted by Crippen LogP contribution is 2.18. The minimum Gasteiger partial charge on any atom is -0.369 e. The van der Waals surface area contributed by atoms with Gasteiger partial charge in [0.1, 0.15) is 5.60 Å². The maximum atomic E-state index is 12.1. The summed E-state index contributed by atoms with van der Waals surface area (Å²) in [5.74, 6) is 0.0217. The Kier molecular flexibility index (Phi) is 5.83. The Morgan fingerprint density at radius 2 is 2.13 bits per heavy atom. The van der Waals surface area contributed by atoms with Crippen molar-refractivity contribution in [2.45, 2.75) is 45.3 Å². The SMILES string of the molecule is CCC(C)(OC)C(=O)N(C)C(C)CCN. The largest absolute Gasteiger partial charge is 0.369 e. The molecule has 0 aliphatic carbocycles. The minimum absolute atomic E-state index is 0.0217. The Morgan fingerprint density at radius 3 is 2.47 bits per heavy atom. The standard InChI is InChI=1S/C11H24N2O2/c1-6-11(3,15-5)10(14)13(4)9(2)7-8-12/h9H,6-8,12H2,1-5H3. The van der Waals surface area contributed by atoms with Crippen LogP contribution < -0.4 is 5.73 Å². The van der Waals surface area contributed by atoms with Crippen molar-refractivity contribution >= 4 is 5.91 Å². The predicted molar refractivity (Wildman–Crippen MR) is 61.6 cm³/mol. The lowest BCUT2D eigenvalue weighted by Crippen LogP contribution is -2.49. The molecule has 2 N–H and O–H groups in total. The fourth-order valence-corrected chi connectivity index (χ4v) is 1.39. The first kappa shape index (κ1) is 14.4. The van der Waals surface area contributed by atoms with E-state index in [0.717, 1.165) is 6.42 Å². The topological polar surface area (TPSA) is 55.6 Å². The average Bonchev–Trinajstić information content (AvgIpc) is 2.26. The Balaban J connectivity index is 4.54. The van der Waals surface area contributed by atoms with Gasteiger partial charge in [-0.25, -0.2) is 0 Å². The third-order valence-electron chi connectivity index (χ3n) is 3.14. The molecule has 2 unspecified atom stereocenters. The van der Waals surface area contributed by atoms with Crippen LogP contribution in [-0.2, 0) is 9.53 Å². The number of hydrogen-bond donors (Lipinski definition) is 1. The molecule has 0 rings (SSSR count). The first-order valence-electron chi connectivity index (χ1n) is 5.45. The van der Waals surface area contributed by atoms with Crippen molar-refractivity contribution in [1.82, 2.24) is 4.90 Å². The lowest BCUT2D eigenvalue weighted by Gasteiger charge is -2.33. The first-order chi connectivity index (χ1) is 6.92. The number of amides is 1. The molecular weight excluding hydrogens is 192 g/mol. The van der Waals surface area contributed by atoms with Crippen molar-refractivity contribution in [2.24, 2.45) is 5.73 Å². The van der Waals surface area contributed by atoms with Gasteiger partial charge in [0.15, 0.2) is 0 Å². The number of nitrogens with two attached hydrogens (primary N) is 1. The molecule has 0 aromatic carbocycles. The van der Waals surface area contributed by atoms with Crippen LogP contribution in [-0.4, -0.2) is 43.2 Å². The molecule has 0 saturated carbocycles.